The zero-order chi connectivity index (χ0) is 16.0. The highest BCUT2D eigenvalue weighted by atomic mass is 16.7. The van der Waals surface area contributed by atoms with Crippen LogP contribution >= 0.6 is 0 Å². The van der Waals surface area contributed by atoms with Crippen LogP contribution in [0, 0.1) is 0 Å². The topological polar surface area (TPSA) is 34.2 Å². The Kier molecular flexibility index (Phi) is 3.10. The molecule has 4 rings (SSSR count). The van der Waals surface area contributed by atoms with Gasteiger partial charge in [0.25, 0.3) is 0 Å². The predicted octanol–water partition coefficient (Wildman–Crippen LogP) is 3.87. The van der Waals surface area contributed by atoms with Crippen LogP contribution in [-0.4, -0.2) is 17.7 Å². The molecule has 0 bridgehead atoms. The Bertz CT molecular complexity index is 883. The Labute approximate surface area is 136 Å². The van der Waals surface area contributed by atoms with Crippen LogP contribution in [0.25, 0.3) is 22.0 Å². The van der Waals surface area contributed by atoms with Crippen molar-refractivity contribution >= 4 is 23.6 Å². The lowest BCUT2D eigenvalue weighted by Gasteiger charge is -2.15. The summed E-state index contributed by atoms with van der Waals surface area (Å²) in [6.07, 6.45) is 0. The monoisotopic (exact) mass is 303 g/mol. The van der Waals surface area contributed by atoms with E-state index in [1.807, 2.05) is 32.0 Å². The van der Waals surface area contributed by atoms with Crippen molar-refractivity contribution in [3.05, 3.63) is 66.9 Å². The fourth-order valence-corrected chi connectivity index (χ4v) is 2.92. The zero-order valence-electron chi connectivity index (χ0n) is 13.3. The molecule has 0 saturated carbocycles. The van der Waals surface area contributed by atoms with E-state index in [0.717, 1.165) is 16.5 Å². The number of hydrogen-bond acceptors (Lipinski definition) is 2. The summed E-state index contributed by atoms with van der Waals surface area (Å²) in [6.45, 7) is 7.87. The molecule has 3 nitrogen and oxygen atoms in total. The highest BCUT2D eigenvalue weighted by molar-refractivity contribution is 6.62. The van der Waals surface area contributed by atoms with E-state index in [1.165, 1.54) is 11.1 Å². The van der Waals surface area contributed by atoms with Crippen molar-refractivity contribution < 1.29 is 9.31 Å². The van der Waals surface area contributed by atoms with Gasteiger partial charge in [-0.25, -0.2) is 0 Å². The first-order valence-electron chi connectivity index (χ1n) is 7.75. The van der Waals surface area contributed by atoms with E-state index in [9.17, 15) is 0 Å². The fourth-order valence-electron chi connectivity index (χ4n) is 2.92. The first-order chi connectivity index (χ1) is 11.0. The Hall–Kier alpha value is -2.46. The number of H-pyrrole nitrogens is 1. The number of para-hydroxylation sites is 1. The first-order valence-corrected chi connectivity index (χ1v) is 7.75. The maximum atomic E-state index is 5.97. The van der Waals surface area contributed by atoms with Crippen LogP contribution in [0.15, 0.2) is 66.9 Å². The molecule has 2 heterocycles. The highest BCUT2D eigenvalue weighted by Crippen LogP contribution is 2.31. The second-order valence-electron chi connectivity index (χ2n) is 6.36. The quantitative estimate of drug-likeness (QED) is 0.729. The molecule has 1 aromatic heterocycles. The van der Waals surface area contributed by atoms with Gasteiger partial charge in [-0.05, 0) is 30.9 Å². The Morgan fingerprint density at radius 2 is 1.83 bits per heavy atom. The van der Waals surface area contributed by atoms with E-state index < -0.39 is 12.7 Å². The maximum absolute atomic E-state index is 5.97. The molecule has 3 aromatic rings. The van der Waals surface area contributed by atoms with Crippen LogP contribution < -0.4 is 5.59 Å². The molecule has 0 radical (unpaired) electrons. The number of aromatic amines is 1. The van der Waals surface area contributed by atoms with Crippen LogP contribution in [0.4, 0.5) is 0 Å². The van der Waals surface area contributed by atoms with Gasteiger partial charge >= 0.3 is 7.12 Å². The molecule has 0 atom stereocenters. The van der Waals surface area contributed by atoms with Gasteiger partial charge in [-0.1, -0.05) is 55.1 Å². The van der Waals surface area contributed by atoms with Crippen molar-refractivity contribution in [2.24, 2.45) is 0 Å². The van der Waals surface area contributed by atoms with Crippen LogP contribution in [0.2, 0.25) is 0 Å². The van der Waals surface area contributed by atoms with E-state index in [1.54, 1.807) is 0 Å². The lowest BCUT2D eigenvalue weighted by molar-refractivity contribution is 0.173. The Morgan fingerprint density at radius 3 is 2.52 bits per heavy atom. The summed E-state index contributed by atoms with van der Waals surface area (Å²) in [5, 5.41) is 1.14. The molecule has 1 aliphatic heterocycles. The van der Waals surface area contributed by atoms with Gasteiger partial charge in [0, 0.05) is 5.56 Å². The molecule has 0 unspecified atom stereocenters. The molecule has 1 aliphatic rings. The molecular weight excluding hydrogens is 285 g/mol. The van der Waals surface area contributed by atoms with Crippen LogP contribution in [0.5, 0.6) is 0 Å². The summed E-state index contributed by atoms with van der Waals surface area (Å²) < 4.78 is 11.8. The molecule has 114 valence electrons. The SMILES string of the molecule is C=C1OB(c2cc3cccc(-c4ccccc4)c3[nH]2)OC1(C)C. The van der Waals surface area contributed by atoms with Crippen LogP contribution in [-0.2, 0) is 9.31 Å². The van der Waals surface area contributed by atoms with Crippen molar-refractivity contribution in [3.63, 3.8) is 0 Å². The van der Waals surface area contributed by atoms with Crippen LogP contribution in [0.3, 0.4) is 0 Å². The van der Waals surface area contributed by atoms with Gasteiger partial charge in [-0.2, -0.15) is 0 Å². The molecule has 1 fully saturated rings. The third-order valence-corrected chi connectivity index (χ3v) is 4.34. The number of hydrogen-bond donors (Lipinski definition) is 1. The zero-order valence-corrected chi connectivity index (χ0v) is 13.3. The van der Waals surface area contributed by atoms with Crippen molar-refractivity contribution in [1.29, 1.82) is 0 Å². The molecule has 4 heteroatoms. The minimum Gasteiger partial charge on any atom is -0.533 e. The standard InChI is InChI=1S/C19H18BNO2/c1-13-19(2,3)23-20(22-13)17-12-15-10-7-11-16(18(15)21-17)14-8-5-4-6-9-14/h4-12,21H,1H2,2-3H3. The van der Waals surface area contributed by atoms with Crippen LogP contribution in [0.1, 0.15) is 13.8 Å². The largest absolute Gasteiger partial charge is 0.580 e. The number of benzene rings is 2. The second kappa shape index (κ2) is 5.03. The average Bonchev–Trinajstić information content (AvgIpc) is 3.09. The average molecular weight is 303 g/mol. The van der Waals surface area contributed by atoms with Gasteiger partial charge in [-0.3, -0.25) is 0 Å². The second-order valence-corrected chi connectivity index (χ2v) is 6.36. The molecule has 0 amide bonds. The maximum Gasteiger partial charge on any atom is 0.580 e. The van der Waals surface area contributed by atoms with Gasteiger partial charge in [0.05, 0.1) is 16.9 Å². The summed E-state index contributed by atoms with van der Waals surface area (Å²) >= 11 is 0. The molecule has 1 N–H and O–H groups in total. The molecule has 1 saturated heterocycles. The first kappa shape index (κ1) is 14.2. The minimum absolute atomic E-state index is 0.437. The smallest absolute Gasteiger partial charge is 0.533 e. The van der Waals surface area contributed by atoms with Crippen molar-refractivity contribution in [2.45, 2.75) is 19.4 Å². The number of fused-ring (bicyclic) bond motifs is 1. The predicted molar refractivity (Wildman–Crippen MR) is 94.5 cm³/mol. The van der Waals surface area contributed by atoms with Gasteiger partial charge < -0.3 is 14.3 Å². The molecule has 0 aliphatic carbocycles. The van der Waals surface area contributed by atoms with E-state index in [-0.39, 0.29) is 0 Å². The summed E-state index contributed by atoms with van der Waals surface area (Å²) in [4.78, 5) is 3.47. The summed E-state index contributed by atoms with van der Waals surface area (Å²) in [5.41, 5.74) is 3.89. The lowest BCUT2D eigenvalue weighted by Crippen LogP contribution is -2.35. The van der Waals surface area contributed by atoms with E-state index in [4.69, 9.17) is 9.31 Å². The number of aromatic nitrogens is 1. The van der Waals surface area contributed by atoms with Crippen molar-refractivity contribution in [1.82, 2.24) is 4.98 Å². The highest BCUT2D eigenvalue weighted by Gasteiger charge is 2.43. The van der Waals surface area contributed by atoms with Crippen molar-refractivity contribution in [3.8, 4) is 11.1 Å². The van der Waals surface area contributed by atoms with Gasteiger partial charge in [0.1, 0.15) is 5.60 Å². The number of rotatable bonds is 2. The molecule has 2 aromatic carbocycles. The van der Waals surface area contributed by atoms with Gasteiger partial charge in [0.2, 0.25) is 0 Å². The van der Waals surface area contributed by atoms with E-state index in [2.05, 4.69) is 48.0 Å². The number of nitrogens with one attached hydrogen (secondary N) is 1. The van der Waals surface area contributed by atoms with Gasteiger partial charge in [0.15, 0.2) is 0 Å². The third-order valence-electron chi connectivity index (χ3n) is 4.34. The Morgan fingerprint density at radius 1 is 1.04 bits per heavy atom. The third kappa shape index (κ3) is 2.35. The van der Waals surface area contributed by atoms with E-state index in [0.29, 0.717) is 5.76 Å². The summed E-state index contributed by atoms with van der Waals surface area (Å²) in [6, 6.07) is 18.7. The normalized spacial score (nSPS) is 16.8. The Balaban J connectivity index is 1.79. The molecular formula is C19H18BNO2. The van der Waals surface area contributed by atoms with E-state index >= 15 is 0 Å². The molecule has 23 heavy (non-hydrogen) atoms. The van der Waals surface area contributed by atoms with Gasteiger partial charge in [-0.15, -0.1) is 0 Å². The molecule has 0 spiro atoms. The fraction of sp³-hybridized carbons (Fsp3) is 0.158. The van der Waals surface area contributed by atoms with Crippen molar-refractivity contribution in [2.75, 3.05) is 0 Å². The summed E-state index contributed by atoms with van der Waals surface area (Å²) in [7, 11) is -0.437. The lowest BCUT2D eigenvalue weighted by atomic mass is 9.85. The summed E-state index contributed by atoms with van der Waals surface area (Å²) in [5.74, 6) is 0.657. The minimum atomic E-state index is -0.468.